The third kappa shape index (κ3) is 4.00. The first-order valence-corrected chi connectivity index (χ1v) is 8.21. The van der Waals surface area contributed by atoms with E-state index in [4.69, 9.17) is 0 Å². The number of carbonyl (C=O) groups is 1. The van der Waals surface area contributed by atoms with Crippen molar-refractivity contribution < 1.29 is 13.6 Å². The van der Waals surface area contributed by atoms with Crippen LogP contribution in [0.4, 0.5) is 14.5 Å². The summed E-state index contributed by atoms with van der Waals surface area (Å²) in [6, 6.07) is 8.65. The average molecular weight is 361 g/mol. The molecule has 0 fully saturated rings. The molecule has 0 radical (unpaired) electrons. The molecular formula is C16H13F2N5OS. The van der Waals surface area contributed by atoms with Crippen molar-refractivity contribution in [3.63, 3.8) is 0 Å². The lowest BCUT2D eigenvalue weighted by Gasteiger charge is -2.06. The average Bonchev–Trinajstić information content (AvgIpc) is 2.98. The molecule has 0 aliphatic rings. The van der Waals surface area contributed by atoms with E-state index in [9.17, 15) is 13.6 Å². The molecule has 1 N–H and O–H groups in total. The molecule has 0 aliphatic carbocycles. The highest BCUT2D eigenvalue weighted by atomic mass is 32.2. The fourth-order valence-corrected chi connectivity index (χ4v) is 2.77. The molecule has 0 saturated carbocycles. The number of anilines is 1. The van der Waals surface area contributed by atoms with Gasteiger partial charge in [-0.1, -0.05) is 17.8 Å². The number of aromatic nitrogens is 4. The molecule has 3 aromatic rings. The van der Waals surface area contributed by atoms with Gasteiger partial charge in [0.25, 0.3) is 0 Å². The van der Waals surface area contributed by atoms with Crippen molar-refractivity contribution in [3.8, 4) is 11.5 Å². The van der Waals surface area contributed by atoms with Gasteiger partial charge in [-0.25, -0.2) is 8.78 Å². The summed E-state index contributed by atoms with van der Waals surface area (Å²) in [5, 5.41) is 11.2. The monoisotopic (exact) mass is 361 g/mol. The fraction of sp³-hybridized carbons (Fsp3) is 0.125. The molecule has 3 rings (SSSR count). The van der Waals surface area contributed by atoms with Gasteiger partial charge in [0, 0.05) is 25.0 Å². The van der Waals surface area contributed by atoms with Crippen LogP contribution >= 0.6 is 11.8 Å². The zero-order valence-corrected chi connectivity index (χ0v) is 13.9. The number of nitrogens with zero attached hydrogens (tertiary/aromatic N) is 4. The molecule has 2 aromatic heterocycles. The Hall–Kier alpha value is -2.81. The zero-order chi connectivity index (χ0) is 17.8. The maximum Gasteiger partial charge on any atom is 0.234 e. The van der Waals surface area contributed by atoms with Crippen LogP contribution in [0, 0.1) is 11.6 Å². The number of halogens is 2. The van der Waals surface area contributed by atoms with Gasteiger partial charge in [-0.05, 0) is 24.3 Å². The Balaban J connectivity index is 1.63. The van der Waals surface area contributed by atoms with Gasteiger partial charge in [-0.3, -0.25) is 9.78 Å². The van der Waals surface area contributed by atoms with Crippen LogP contribution in [0.25, 0.3) is 11.5 Å². The molecule has 0 atom stereocenters. The summed E-state index contributed by atoms with van der Waals surface area (Å²) in [4.78, 5) is 16.2. The fourth-order valence-electron chi connectivity index (χ4n) is 2.06. The van der Waals surface area contributed by atoms with E-state index in [2.05, 4.69) is 20.5 Å². The van der Waals surface area contributed by atoms with Gasteiger partial charge >= 0.3 is 0 Å². The van der Waals surface area contributed by atoms with Crippen LogP contribution < -0.4 is 5.32 Å². The van der Waals surface area contributed by atoms with Crippen molar-refractivity contribution >= 4 is 23.4 Å². The first-order chi connectivity index (χ1) is 12.0. The number of benzene rings is 1. The first kappa shape index (κ1) is 17.0. The largest absolute Gasteiger partial charge is 0.325 e. The lowest BCUT2D eigenvalue weighted by molar-refractivity contribution is -0.113. The van der Waals surface area contributed by atoms with Crippen molar-refractivity contribution in [2.24, 2.45) is 7.05 Å². The maximum atomic E-state index is 13.1. The second-order valence-corrected chi connectivity index (χ2v) is 5.99. The van der Waals surface area contributed by atoms with Crippen LogP contribution in [0.5, 0.6) is 0 Å². The minimum Gasteiger partial charge on any atom is -0.325 e. The van der Waals surface area contributed by atoms with E-state index in [1.165, 1.54) is 17.8 Å². The number of rotatable bonds is 5. The molecule has 0 bridgehead atoms. The van der Waals surface area contributed by atoms with E-state index < -0.39 is 11.6 Å². The van der Waals surface area contributed by atoms with Gasteiger partial charge < -0.3 is 9.88 Å². The molecule has 128 valence electrons. The standard InChI is InChI=1S/C16H13F2N5OS/c1-23-15(13-4-2-3-7-19-13)21-22-16(23)25-9-14(24)20-10-5-6-11(17)12(18)8-10/h2-8H,9H2,1H3,(H,20,24). The number of amides is 1. The van der Waals surface area contributed by atoms with Gasteiger partial charge in [-0.2, -0.15) is 0 Å². The van der Waals surface area contributed by atoms with E-state index in [1.54, 1.807) is 23.9 Å². The van der Waals surface area contributed by atoms with E-state index in [1.807, 2.05) is 12.1 Å². The Kier molecular flexibility index (Phi) is 5.03. The molecule has 0 saturated heterocycles. The summed E-state index contributed by atoms with van der Waals surface area (Å²) >= 11 is 1.18. The highest BCUT2D eigenvalue weighted by Crippen LogP contribution is 2.21. The molecule has 0 aliphatic heterocycles. The second-order valence-electron chi connectivity index (χ2n) is 5.05. The van der Waals surface area contributed by atoms with E-state index in [0.29, 0.717) is 16.7 Å². The normalized spacial score (nSPS) is 10.7. The van der Waals surface area contributed by atoms with E-state index in [-0.39, 0.29) is 17.3 Å². The third-order valence-electron chi connectivity index (χ3n) is 3.26. The summed E-state index contributed by atoms with van der Waals surface area (Å²) in [6.45, 7) is 0. The summed E-state index contributed by atoms with van der Waals surface area (Å²) in [5.74, 6) is -1.71. The van der Waals surface area contributed by atoms with Crippen LogP contribution in [0.3, 0.4) is 0 Å². The van der Waals surface area contributed by atoms with Gasteiger partial charge in [0.1, 0.15) is 5.69 Å². The van der Waals surface area contributed by atoms with Crippen molar-refractivity contribution in [1.82, 2.24) is 19.7 Å². The number of thioether (sulfide) groups is 1. The smallest absolute Gasteiger partial charge is 0.234 e. The number of hydrogen-bond acceptors (Lipinski definition) is 5. The van der Waals surface area contributed by atoms with Crippen LogP contribution in [0.15, 0.2) is 47.8 Å². The SMILES string of the molecule is Cn1c(SCC(=O)Nc2ccc(F)c(F)c2)nnc1-c1ccccn1. The van der Waals surface area contributed by atoms with Gasteiger partial charge in [0.15, 0.2) is 22.6 Å². The minimum absolute atomic E-state index is 0.0488. The van der Waals surface area contributed by atoms with E-state index >= 15 is 0 Å². The Morgan fingerprint density at radius 1 is 1.20 bits per heavy atom. The predicted molar refractivity (Wildman–Crippen MR) is 89.9 cm³/mol. The lowest BCUT2D eigenvalue weighted by Crippen LogP contribution is -2.14. The topological polar surface area (TPSA) is 72.7 Å². The molecule has 25 heavy (non-hydrogen) atoms. The Morgan fingerprint density at radius 2 is 2.04 bits per heavy atom. The highest BCUT2D eigenvalue weighted by Gasteiger charge is 2.14. The van der Waals surface area contributed by atoms with Gasteiger partial charge in [0.05, 0.1) is 5.75 Å². The molecule has 9 heteroatoms. The van der Waals surface area contributed by atoms with Crippen molar-refractivity contribution in [2.45, 2.75) is 5.16 Å². The molecule has 2 heterocycles. The van der Waals surface area contributed by atoms with Crippen LogP contribution in [0.1, 0.15) is 0 Å². The molecule has 1 aromatic carbocycles. The maximum absolute atomic E-state index is 13.1. The molecular weight excluding hydrogens is 348 g/mol. The van der Waals surface area contributed by atoms with Gasteiger partial charge in [-0.15, -0.1) is 10.2 Å². The second kappa shape index (κ2) is 7.39. The van der Waals surface area contributed by atoms with Gasteiger partial charge in [0.2, 0.25) is 5.91 Å². The summed E-state index contributed by atoms with van der Waals surface area (Å²) in [5.41, 5.74) is 0.868. The van der Waals surface area contributed by atoms with Crippen molar-refractivity contribution in [2.75, 3.05) is 11.1 Å². The zero-order valence-electron chi connectivity index (χ0n) is 13.1. The number of nitrogens with one attached hydrogen (secondary N) is 1. The molecule has 0 spiro atoms. The summed E-state index contributed by atoms with van der Waals surface area (Å²) < 4.78 is 27.7. The summed E-state index contributed by atoms with van der Waals surface area (Å²) in [7, 11) is 1.78. The summed E-state index contributed by atoms with van der Waals surface area (Å²) in [6.07, 6.45) is 1.66. The predicted octanol–water partition coefficient (Wildman–Crippen LogP) is 2.89. The molecule has 0 unspecified atom stereocenters. The molecule has 1 amide bonds. The van der Waals surface area contributed by atoms with Crippen molar-refractivity contribution in [3.05, 3.63) is 54.2 Å². The third-order valence-corrected chi connectivity index (χ3v) is 4.28. The Labute approximate surface area is 146 Å². The highest BCUT2D eigenvalue weighted by molar-refractivity contribution is 7.99. The van der Waals surface area contributed by atoms with Crippen LogP contribution in [-0.2, 0) is 11.8 Å². The Bertz CT molecular complexity index is 901. The number of carbonyl (C=O) groups excluding carboxylic acids is 1. The van der Waals surface area contributed by atoms with Crippen LogP contribution in [-0.4, -0.2) is 31.4 Å². The molecule has 6 nitrogen and oxygen atoms in total. The van der Waals surface area contributed by atoms with Crippen molar-refractivity contribution in [1.29, 1.82) is 0 Å². The number of hydrogen-bond donors (Lipinski definition) is 1. The van der Waals surface area contributed by atoms with E-state index in [0.717, 1.165) is 12.1 Å². The quantitative estimate of drug-likeness (QED) is 0.708. The first-order valence-electron chi connectivity index (χ1n) is 7.23. The lowest BCUT2D eigenvalue weighted by atomic mass is 10.3. The minimum atomic E-state index is -1.02. The Morgan fingerprint density at radius 3 is 2.76 bits per heavy atom. The van der Waals surface area contributed by atoms with Crippen LogP contribution in [0.2, 0.25) is 0 Å². The number of pyridine rings is 1.